The van der Waals surface area contributed by atoms with Crippen LogP contribution in [-0.4, -0.2) is 44.5 Å². The van der Waals surface area contributed by atoms with Crippen molar-refractivity contribution in [2.75, 3.05) is 31.7 Å². The second kappa shape index (κ2) is 10.6. The molecule has 1 aromatic rings. The predicted octanol–water partition coefficient (Wildman–Crippen LogP) is 1.54. The molecule has 0 fully saturated rings. The van der Waals surface area contributed by atoms with Crippen LogP contribution in [-0.2, 0) is 19.1 Å². The maximum absolute atomic E-state index is 11.8. The Balaban J connectivity index is 2.45. The quantitative estimate of drug-likeness (QED) is 0.531. The van der Waals surface area contributed by atoms with Crippen LogP contribution in [0.15, 0.2) is 24.3 Å². The van der Waals surface area contributed by atoms with Crippen molar-refractivity contribution >= 4 is 17.5 Å². The highest BCUT2D eigenvalue weighted by Crippen LogP contribution is 2.15. The van der Waals surface area contributed by atoms with Gasteiger partial charge in [-0.05, 0) is 45.0 Å². The largest absolute Gasteiger partial charge is 0.494 e. The molecule has 0 aromatic heterocycles. The molecule has 0 aliphatic heterocycles. The molecule has 128 valence electrons. The highest BCUT2D eigenvalue weighted by molar-refractivity contribution is 6.39. The van der Waals surface area contributed by atoms with Gasteiger partial charge in [-0.15, -0.1) is 0 Å². The molecule has 23 heavy (non-hydrogen) atoms. The molecule has 0 bridgehead atoms. The number of ether oxygens (including phenoxy) is 3. The number of carbonyl (C=O) groups is 2. The van der Waals surface area contributed by atoms with Gasteiger partial charge in [0.2, 0.25) is 0 Å². The maximum atomic E-state index is 11.8. The van der Waals surface area contributed by atoms with Gasteiger partial charge in [0.1, 0.15) is 5.75 Å². The minimum Gasteiger partial charge on any atom is -0.494 e. The normalized spacial score (nSPS) is 10.4. The van der Waals surface area contributed by atoms with Gasteiger partial charge in [0.25, 0.3) is 0 Å². The van der Waals surface area contributed by atoms with E-state index in [4.69, 9.17) is 14.2 Å². The molecule has 0 spiro atoms. The van der Waals surface area contributed by atoms with Crippen LogP contribution in [0.1, 0.15) is 20.8 Å². The topological polar surface area (TPSA) is 85.9 Å². The molecule has 0 unspecified atom stereocenters. The van der Waals surface area contributed by atoms with Crippen LogP contribution >= 0.6 is 0 Å². The molecular formula is C16H24N2O5. The third-order valence-electron chi connectivity index (χ3n) is 2.76. The zero-order valence-electron chi connectivity index (χ0n) is 13.8. The lowest BCUT2D eigenvalue weighted by atomic mass is 10.3. The summed E-state index contributed by atoms with van der Waals surface area (Å²) in [4.78, 5) is 23.6. The van der Waals surface area contributed by atoms with Crippen LogP contribution in [0.4, 0.5) is 5.69 Å². The molecule has 0 atom stereocenters. The molecule has 1 aromatic carbocycles. The van der Waals surface area contributed by atoms with Gasteiger partial charge in [-0.3, -0.25) is 9.59 Å². The molecule has 0 heterocycles. The summed E-state index contributed by atoms with van der Waals surface area (Å²) in [7, 11) is 0. The van der Waals surface area contributed by atoms with E-state index in [0.717, 1.165) is 0 Å². The van der Waals surface area contributed by atoms with Crippen LogP contribution in [0.3, 0.4) is 0 Å². The number of rotatable bonds is 9. The van der Waals surface area contributed by atoms with Gasteiger partial charge < -0.3 is 24.8 Å². The lowest BCUT2D eigenvalue weighted by molar-refractivity contribution is -0.145. The highest BCUT2D eigenvalue weighted by atomic mass is 16.7. The molecule has 0 aliphatic rings. The molecule has 2 amide bonds. The summed E-state index contributed by atoms with van der Waals surface area (Å²) in [6.07, 6.45) is -0.563. The highest BCUT2D eigenvalue weighted by Gasteiger charge is 2.16. The van der Waals surface area contributed by atoms with Gasteiger partial charge in [-0.2, -0.15) is 0 Å². The van der Waals surface area contributed by atoms with E-state index >= 15 is 0 Å². The van der Waals surface area contributed by atoms with Crippen molar-refractivity contribution < 1.29 is 23.8 Å². The zero-order chi connectivity index (χ0) is 17.1. The number of benzene rings is 1. The Morgan fingerprint density at radius 3 is 2.09 bits per heavy atom. The molecule has 0 radical (unpaired) electrons. The van der Waals surface area contributed by atoms with Crippen LogP contribution in [0, 0.1) is 0 Å². The van der Waals surface area contributed by atoms with E-state index in [-0.39, 0.29) is 6.54 Å². The van der Waals surface area contributed by atoms with E-state index in [2.05, 4.69) is 10.6 Å². The average molecular weight is 324 g/mol. The first kappa shape index (κ1) is 18.9. The fraction of sp³-hybridized carbons (Fsp3) is 0.500. The summed E-state index contributed by atoms with van der Waals surface area (Å²) in [6, 6.07) is 6.77. The number of hydrogen-bond acceptors (Lipinski definition) is 5. The number of hydrogen-bond donors (Lipinski definition) is 2. The van der Waals surface area contributed by atoms with Gasteiger partial charge in [0.05, 0.1) is 13.2 Å². The molecule has 2 N–H and O–H groups in total. The standard InChI is InChI=1S/C16H24N2O5/c1-4-21-13-9-7-12(8-10-13)18-16(20)15(19)17-11-14(22-5-2)23-6-3/h7-10,14H,4-6,11H2,1-3H3,(H,17,19)(H,18,20). The molecule has 0 saturated heterocycles. The Kier molecular flexibility index (Phi) is 8.71. The summed E-state index contributed by atoms with van der Waals surface area (Å²) in [5, 5.41) is 4.99. The Hall–Kier alpha value is -2.12. The Bertz CT molecular complexity index is 484. The fourth-order valence-corrected chi connectivity index (χ4v) is 1.78. The second-order valence-electron chi connectivity index (χ2n) is 4.46. The summed E-state index contributed by atoms with van der Waals surface area (Å²) in [5.41, 5.74) is 0.514. The smallest absolute Gasteiger partial charge is 0.313 e. The number of anilines is 1. The fourth-order valence-electron chi connectivity index (χ4n) is 1.78. The minimum absolute atomic E-state index is 0.108. The van der Waals surface area contributed by atoms with Gasteiger partial charge in [0.15, 0.2) is 6.29 Å². The molecular weight excluding hydrogens is 300 g/mol. The van der Waals surface area contributed by atoms with Crippen molar-refractivity contribution in [1.29, 1.82) is 0 Å². The molecule has 7 heteroatoms. The number of amides is 2. The average Bonchev–Trinajstić information content (AvgIpc) is 2.54. The predicted molar refractivity (Wildman–Crippen MR) is 86.3 cm³/mol. The van der Waals surface area contributed by atoms with Gasteiger partial charge in [-0.1, -0.05) is 0 Å². The van der Waals surface area contributed by atoms with Gasteiger partial charge in [-0.25, -0.2) is 0 Å². The van der Waals surface area contributed by atoms with E-state index in [1.807, 2.05) is 20.8 Å². The molecule has 0 saturated carbocycles. The maximum Gasteiger partial charge on any atom is 0.313 e. The van der Waals surface area contributed by atoms with Crippen molar-refractivity contribution in [3.05, 3.63) is 24.3 Å². The molecule has 0 aliphatic carbocycles. The van der Waals surface area contributed by atoms with E-state index in [1.54, 1.807) is 24.3 Å². The number of carbonyl (C=O) groups excluding carboxylic acids is 2. The first-order valence-corrected chi connectivity index (χ1v) is 7.65. The lowest BCUT2D eigenvalue weighted by Crippen LogP contribution is -2.41. The van der Waals surface area contributed by atoms with E-state index < -0.39 is 18.1 Å². The van der Waals surface area contributed by atoms with Crippen molar-refractivity contribution in [2.45, 2.75) is 27.1 Å². The van der Waals surface area contributed by atoms with Crippen LogP contribution in [0.25, 0.3) is 0 Å². The van der Waals surface area contributed by atoms with E-state index in [0.29, 0.717) is 31.3 Å². The van der Waals surface area contributed by atoms with Crippen molar-refractivity contribution in [3.8, 4) is 5.75 Å². The van der Waals surface area contributed by atoms with Crippen LogP contribution < -0.4 is 15.4 Å². The van der Waals surface area contributed by atoms with Crippen LogP contribution in [0.2, 0.25) is 0 Å². The number of nitrogens with one attached hydrogen (secondary N) is 2. The molecule has 1 rings (SSSR count). The van der Waals surface area contributed by atoms with E-state index in [1.165, 1.54) is 0 Å². The second-order valence-corrected chi connectivity index (χ2v) is 4.46. The lowest BCUT2D eigenvalue weighted by Gasteiger charge is -2.17. The van der Waals surface area contributed by atoms with Crippen molar-refractivity contribution in [1.82, 2.24) is 5.32 Å². The Morgan fingerprint density at radius 2 is 1.57 bits per heavy atom. The summed E-state index contributed by atoms with van der Waals surface area (Å²) >= 11 is 0. The third kappa shape index (κ3) is 7.12. The van der Waals surface area contributed by atoms with Gasteiger partial charge in [0, 0.05) is 18.9 Å². The first-order chi connectivity index (χ1) is 11.1. The Labute approximate surface area is 136 Å². The van der Waals surface area contributed by atoms with Crippen molar-refractivity contribution in [3.63, 3.8) is 0 Å². The van der Waals surface area contributed by atoms with E-state index in [9.17, 15) is 9.59 Å². The monoisotopic (exact) mass is 324 g/mol. The third-order valence-corrected chi connectivity index (χ3v) is 2.76. The minimum atomic E-state index is -0.749. The zero-order valence-corrected chi connectivity index (χ0v) is 13.8. The van der Waals surface area contributed by atoms with Crippen molar-refractivity contribution in [2.24, 2.45) is 0 Å². The Morgan fingerprint density at radius 1 is 0.957 bits per heavy atom. The van der Waals surface area contributed by atoms with Gasteiger partial charge >= 0.3 is 11.8 Å². The summed E-state index contributed by atoms with van der Waals surface area (Å²) in [5.74, 6) is -0.796. The SMILES string of the molecule is CCOc1ccc(NC(=O)C(=O)NCC(OCC)OCC)cc1. The first-order valence-electron chi connectivity index (χ1n) is 7.65. The van der Waals surface area contributed by atoms with Crippen LogP contribution in [0.5, 0.6) is 5.75 Å². The molecule has 7 nitrogen and oxygen atoms in total. The summed E-state index contributed by atoms with van der Waals surface area (Å²) in [6.45, 7) is 7.13. The summed E-state index contributed by atoms with van der Waals surface area (Å²) < 4.78 is 15.9.